The summed E-state index contributed by atoms with van der Waals surface area (Å²) >= 11 is 0. The molecule has 0 unspecified atom stereocenters. The van der Waals surface area contributed by atoms with Crippen molar-refractivity contribution in [2.24, 2.45) is 0 Å². The SMILES string of the molecule is CN(C)C(=O)c1cc(NC(=O)Cc2ccc(F)cn2)ccn1. The average Bonchev–Trinajstić information content (AvgIpc) is 2.49. The van der Waals surface area contributed by atoms with Crippen LogP contribution in [0.4, 0.5) is 10.1 Å². The Balaban J connectivity index is 2.04. The maximum atomic E-state index is 12.8. The van der Waals surface area contributed by atoms with Crippen LogP contribution >= 0.6 is 0 Å². The number of amides is 2. The monoisotopic (exact) mass is 302 g/mol. The van der Waals surface area contributed by atoms with Gasteiger partial charge < -0.3 is 10.2 Å². The van der Waals surface area contributed by atoms with E-state index in [1.165, 1.54) is 29.3 Å². The van der Waals surface area contributed by atoms with Gasteiger partial charge in [-0.1, -0.05) is 0 Å². The Morgan fingerprint density at radius 3 is 2.64 bits per heavy atom. The molecular weight excluding hydrogens is 287 g/mol. The van der Waals surface area contributed by atoms with E-state index >= 15 is 0 Å². The summed E-state index contributed by atoms with van der Waals surface area (Å²) in [6, 6.07) is 5.78. The number of anilines is 1. The van der Waals surface area contributed by atoms with E-state index in [1.807, 2.05) is 0 Å². The van der Waals surface area contributed by atoms with Gasteiger partial charge in [0.15, 0.2) is 0 Å². The molecule has 2 heterocycles. The fraction of sp³-hybridized carbons (Fsp3) is 0.200. The van der Waals surface area contributed by atoms with Crippen LogP contribution in [0, 0.1) is 5.82 Å². The number of aromatic nitrogens is 2. The molecule has 0 spiro atoms. The number of nitrogens with one attached hydrogen (secondary N) is 1. The maximum absolute atomic E-state index is 12.8. The Hall–Kier alpha value is -2.83. The summed E-state index contributed by atoms with van der Waals surface area (Å²) in [6.07, 6.45) is 2.52. The van der Waals surface area contributed by atoms with Crippen LogP contribution in [-0.4, -0.2) is 40.8 Å². The first-order valence-electron chi connectivity index (χ1n) is 6.53. The summed E-state index contributed by atoms with van der Waals surface area (Å²) < 4.78 is 12.8. The maximum Gasteiger partial charge on any atom is 0.272 e. The molecule has 0 bridgehead atoms. The molecule has 2 amide bonds. The van der Waals surface area contributed by atoms with Crippen molar-refractivity contribution < 1.29 is 14.0 Å². The van der Waals surface area contributed by atoms with Crippen molar-refractivity contribution in [3.05, 3.63) is 53.9 Å². The van der Waals surface area contributed by atoms with E-state index in [1.54, 1.807) is 20.2 Å². The Morgan fingerprint density at radius 1 is 1.23 bits per heavy atom. The molecular formula is C15H15FN4O2. The summed E-state index contributed by atoms with van der Waals surface area (Å²) in [5.41, 5.74) is 1.16. The first-order chi connectivity index (χ1) is 10.5. The van der Waals surface area contributed by atoms with Gasteiger partial charge in [0.2, 0.25) is 5.91 Å². The molecule has 22 heavy (non-hydrogen) atoms. The molecule has 0 saturated heterocycles. The van der Waals surface area contributed by atoms with Crippen molar-refractivity contribution in [2.45, 2.75) is 6.42 Å². The van der Waals surface area contributed by atoms with E-state index in [2.05, 4.69) is 15.3 Å². The number of hydrogen-bond donors (Lipinski definition) is 1. The highest BCUT2D eigenvalue weighted by Gasteiger charge is 2.11. The smallest absolute Gasteiger partial charge is 0.272 e. The Labute approximate surface area is 127 Å². The minimum absolute atomic E-state index is 0.0135. The fourth-order valence-electron chi connectivity index (χ4n) is 1.74. The lowest BCUT2D eigenvalue weighted by Crippen LogP contribution is -2.23. The Kier molecular flexibility index (Phi) is 4.77. The average molecular weight is 302 g/mol. The summed E-state index contributed by atoms with van der Waals surface area (Å²) in [6.45, 7) is 0. The number of halogens is 1. The standard InChI is InChI=1S/C15H15FN4O2/c1-20(2)15(22)13-7-12(5-6-17-13)19-14(21)8-11-4-3-10(16)9-18-11/h3-7,9H,8H2,1-2H3,(H,17,19,21). The summed E-state index contributed by atoms with van der Waals surface area (Å²) in [5.74, 6) is -1.02. The van der Waals surface area contributed by atoms with Gasteiger partial charge in [0.1, 0.15) is 11.5 Å². The van der Waals surface area contributed by atoms with Crippen LogP contribution in [0.25, 0.3) is 0 Å². The van der Waals surface area contributed by atoms with Crippen LogP contribution in [-0.2, 0) is 11.2 Å². The van der Waals surface area contributed by atoms with Crippen molar-refractivity contribution in [3.63, 3.8) is 0 Å². The molecule has 114 valence electrons. The molecule has 0 saturated carbocycles. The topological polar surface area (TPSA) is 75.2 Å². The van der Waals surface area contributed by atoms with Crippen LogP contribution in [0.15, 0.2) is 36.7 Å². The molecule has 0 aliphatic rings. The zero-order valence-electron chi connectivity index (χ0n) is 12.2. The molecule has 0 aliphatic heterocycles. The van der Waals surface area contributed by atoms with Crippen LogP contribution < -0.4 is 5.32 Å². The molecule has 6 nitrogen and oxygen atoms in total. The summed E-state index contributed by atoms with van der Waals surface area (Å²) in [7, 11) is 3.24. The predicted octanol–water partition coefficient (Wildman–Crippen LogP) is 1.50. The minimum atomic E-state index is -0.454. The van der Waals surface area contributed by atoms with E-state index in [-0.39, 0.29) is 23.9 Å². The molecule has 1 N–H and O–H groups in total. The number of pyridine rings is 2. The van der Waals surface area contributed by atoms with Crippen molar-refractivity contribution in [1.29, 1.82) is 0 Å². The molecule has 7 heteroatoms. The largest absolute Gasteiger partial charge is 0.343 e. The lowest BCUT2D eigenvalue weighted by Gasteiger charge is -2.10. The predicted molar refractivity (Wildman–Crippen MR) is 78.8 cm³/mol. The van der Waals surface area contributed by atoms with Gasteiger partial charge in [0.05, 0.1) is 12.6 Å². The number of rotatable bonds is 4. The Morgan fingerprint density at radius 2 is 2.00 bits per heavy atom. The summed E-state index contributed by atoms with van der Waals surface area (Å²) in [4.78, 5) is 32.9. The van der Waals surface area contributed by atoms with Crippen LogP contribution in [0.5, 0.6) is 0 Å². The lowest BCUT2D eigenvalue weighted by atomic mass is 10.2. The molecule has 2 rings (SSSR count). The van der Waals surface area contributed by atoms with Gasteiger partial charge in [-0.3, -0.25) is 19.6 Å². The molecule has 0 aliphatic carbocycles. The highest BCUT2D eigenvalue weighted by molar-refractivity contribution is 5.95. The van der Waals surface area contributed by atoms with Gasteiger partial charge in [-0.05, 0) is 24.3 Å². The molecule has 0 aromatic carbocycles. The second-order valence-electron chi connectivity index (χ2n) is 4.82. The number of carbonyl (C=O) groups is 2. The van der Waals surface area contributed by atoms with Crippen LogP contribution in [0.2, 0.25) is 0 Å². The fourth-order valence-corrected chi connectivity index (χ4v) is 1.74. The van der Waals surface area contributed by atoms with Gasteiger partial charge >= 0.3 is 0 Å². The number of carbonyl (C=O) groups excluding carboxylic acids is 2. The Bertz CT molecular complexity index is 686. The first-order valence-corrected chi connectivity index (χ1v) is 6.53. The van der Waals surface area contributed by atoms with Crippen molar-refractivity contribution in [2.75, 3.05) is 19.4 Å². The summed E-state index contributed by atoms with van der Waals surface area (Å²) in [5, 5.41) is 2.66. The van der Waals surface area contributed by atoms with E-state index in [0.717, 1.165) is 6.20 Å². The highest BCUT2D eigenvalue weighted by atomic mass is 19.1. The zero-order valence-corrected chi connectivity index (χ0v) is 12.2. The van der Waals surface area contributed by atoms with Crippen LogP contribution in [0.1, 0.15) is 16.2 Å². The third-order valence-electron chi connectivity index (χ3n) is 2.80. The molecule has 0 atom stereocenters. The highest BCUT2D eigenvalue weighted by Crippen LogP contribution is 2.10. The third kappa shape index (κ3) is 4.08. The van der Waals surface area contributed by atoms with E-state index in [0.29, 0.717) is 11.4 Å². The molecule has 2 aromatic heterocycles. The minimum Gasteiger partial charge on any atom is -0.343 e. The van der Waals surface area contributed by atoms with Crippen molar-refractivity contribution in [3.8, 4) is 0 Å². The normalized spacial score (nSPS) is 10.1. The third-order valence-corrected chi connectivity index (χ3v) is 2.80. The van der Waals surface area contributed by atoms with Gasteiger partial charge in [0.25, 0.3) is 5.91 Å². The van der Waals surface area contributed by atoms with Crippen molar-refractivity contribution in [1.82, 2.24) is 14.9 Å². The molecule has 0 fully saturated rings. The quantitative estimate of drug-likeness (QED) is 0.928. The van der Waals surface area contributed by atoms with Gasteiger partial charge in [-0.2, -0.15) is 0 Å². The second-order valence-corrected chi connectivity index (χ2v) is 4.82. The second kappa shape index (κ2) is 6.75. The van der Waals surface area contributed by atoms with Gasteiger partial charge in [-0.25, -0.2) is 4.39 Å². The van der Waals surface area contributed by atoms with E-state index in [9.17, 15) is 14.0 Å². The van der Waals surface area contributed by atoms with E-state index in [4.69, 9.17) is 0 Å². The molecule has 0 radical (unpaired) electrons. The first kappa shape index (κ1) is 15.6. The van der Waals surface area contributed by atoms with Crippen LogP contribution in [0.3, 0.4) is 0 Å². The number of hydrogen-bond acceptors (Lipinski definition) is 4. The zero-order chi connectivity index (χ0) is 16.1. The van der Waals surface area contributed by atoms with Gasteiger partial charge in [0, 0.05) is 31.7 Å². The number of nitrogens with zero attached hydrogens (tertiary/aromatic N) is 3. The van der Waals surface area contributed by atoms with Crippen molar-refractivity contribution >= 4 is 17.5 Å². The lowest BCUT2D eigenvalue weighted by molar-refractivity contribution is -0.115. The van der Waals surface area contributed by atoms with E-state index < -0.39 is 5.82 Å². The molecule has 2 aromatic rings. The van der Waals surface area contributed by atoms with Gasteiger partial charge in [-0.15, -0.1) is 0 Å².